The fraction of sp³-hybridized carbons (Fsp3) is 0. The van der Waals surface area contributed by atoms with E-state index in [1.807, 2.05) is 6.07 Å². The van der Waals surface area contributed by atoms with Crippen molar-refractivity contribution < 1.29 is 0 Å². The molecule has 0 N–H and O–H groups in total. The Balaban J connectivity index is 1.68. The zero-order valence-electron chi connectivity index (χ0n) is 16.5. The van der Waals surface area contributed by atoms with Crippen LogP contribution in [-0.2, 0) is 11.8 Å². The Morgan fingerprint density at radius 3 is 1.60 bits per heavy atom. The van der Waals surface area contributed by atoms with Crippen molar-refractivity contribution in [3.8, 4) is 11.1 Å². The topological polar surface area (TPSA) is 0 Å². The molecule has 0 saturated carbocycles. The number of rotatable bonds is 4. The maximum Gasteiger partial charge on any atom is 0.0379 e. The summed E-state index contributed by atoms with van der Waals surface area (Å²) in [5, 5.41) is 6.16. The van der Waals surface area contributed by atoms with Crippen LogP contribution in [0.15, 0.2) is 127 Å². The average molecular weight is 421 g/mol. The number of benzene rings is 5. The van der Waals surface area contributed by atoms with Gasteiger partial charge in [0.05, 0.1) is 0 Å². The fourth-order valence-electron chi connectivity index (χ4n) is 3.95. The number of fused-ring (bicyclic) bond motifs is 1. The lowest BCUT2D eigenvalue weighted by Crippen LogP contribution is -2.24. The van der Waals surface area contributed by atoms with E-state index in [-0.39, 0.29) is 0 Å². The van der Waals surface area contributed by atoms with E-state index in [2.05, 4.69) is 121 Å². The van der Waals surface area contributed by atoms with Crippen LogP contribution in [0, 0.1) is 0 Å². The van der Waals surface area contributed by atoms with Crippen molar-refractivity contribution in [3.05, 3.63) is 127 Å². The molecule has 0 fully saturated rings. The first-order valence-electron chi connectivity index (χ1n) is 10.1. The van der Waals surface area contributed by atoms with Gasteiger partial charge in [0.25, 0.3) is 0 Å². The lowest BCUT2D eigenvalue weighted by atomic mass is 10.1. The van der Waals surface area contributed by atoms with Gasteiger partial charge in [0.15, 0.2) is 0 Å². The summed E-state index contributed by atoms with van der Waals surface area (Å²) in [5.41, 5.74) is 2.44. The van der Waals surface area contributed by atoms with E-state index in [1.54, 1.807) is 0 Å². The van der Waals surface area contributed by atoms with Crippen molar-refractivity contribution in [2.75, 3.05) is 0 Å². The van der Waals surface area contributed by atoms with E-state index < -0.39 is 6.04 Å². The van der Waals surface area contributed by atoms with Crippen LogP contribution < -0.4 is 15.9 Å². The predicted molar refractivity (Wildman–Crippen MR) is 135 cm³/mol. The molecule has 30 heavy (non-hydrogen) atoms. The molecule has 1 unspecified atom stereocenters. The second-order valence-electron chi connectivity index (χ2n) is 7.39. The summed E-state index contributed by atoms with van der Waals surface area (Å²) in [6, 6.07) is 43.0. The second-order valence-corrected chi connectivity index (χ2v) is 11.8. The Morgan fingerprint density at radius 1 is 0.400 bits per heavy atom. The zero-order chi connectivity index (χ0) is 20.4. The zero-order valence-corrected chi connectivity index (χ0v) is 18.2. The van der Waals surface area contributed by atoms with Gasteiger partial charge >= 0.3 is 0 Å². The first kappa shape index (κ1) is 19.0. The van der Waals surface area contributed by atoms with Crippen molar-refractivity contribution in [2.45, 2.75) is 0 Å². The van der Waals surface area contributed by atoms with Crippen molar-refractivity contribution in [1.82, 2.24) is 0 Å². The fourth-order valence-corrected chi connectivity index (χ4v) is 7.68. The van der Waals surface area contributed by atoms with Gasteiger partial charge in [-0.2, -0.15) is 0 Å². The van der Waals surface area contributed by atoms with E-state index in [0.29, 0.717) is 0 Å². The normalized spacial score (nSPS) is 13.1. The molecule has 0 heterocycles. The smallest absolute Gasteiger partial charge is 0.0379 e. The van der Waals surface area contributed by atoms with Gasteiger partial charge in [0.2, 0.25) is 0 Å². The summed E-state index contributed by atoms with van der Waals surface area (Å²) in [6.45, 7) is 0. The van der Waals surface area contributed by atoms with Gasteiger partial charge in [-0.15, -0.1) is 0 Å². The van der Waals surface area contributed by atoms with E-state index in [0.717, 1.165) is 0 Å². The standard InChI is InChI=1S/C28H21PS/c30-29(26-13-5-2-6-14-26,28-20-17-23-11-7-8-12-25(23)21-28)27-18-15-24(16-19-27)22-9-3-1-4-10-22/h1-21H. The molecule has 5 aromatic carbocycles. The molecular formula is C28H21PS. The summed E-state index contributed by atoms with van der Waals surface area (Å²) in [7, 11) is 0. The molecule has 5 aromatic rings. The molecule has 144 valence electrons. The Labute approximate surface area is 182 Å². The second kappa shape index (κ2) is 8.03. The van der Waals surface area contributed by atoms with Crippen LogP contribution in [-0.4, -0.2) is 0 Å². The summed E-state index contributed by atoms with van der Waals surface area (Å²) in [5.74, 6) is 0. The minimum atomic E-state index is -2.16. The number of hydrogen-bond donors (Lipinski definition) is 0. The third kappa shape index (κ3) is 3.41. The van der Waals surface area contributed by atoms with Crippen molar-refractivity contribution in [3.63, 3.8) is 0 Å². The number of hydrogen-bond acceptors (Lipinski definition) is 1. The highest BCUT2D eigenvalue weighted by molar-refractivity contribution is 8.25. The first-order valence-corrected chi connectivity index (χ1v) is 12.9. The van der Waals surface area contributed by atoms with Gasteiger partial charge in [0.1, 0.15) is 0 Å². The lowest BCUT2D eigenvalue weighted by Gasteiger charge is -2.24. The quantitative estimate of drug-likeness (QED) is 0.309. The van der Waals surface area contributed by atoms with Crippen molar-refractivity contribution in [1.29, 1.82) is 0 Å². The average Bonchev–Trinajstić information content (AvgIpc) is 2.84. The molecule has 0 aliphatic rings. The molecule has 0 saturated heterocycles. The molecule has 5 rings (SSSR count). The predicted octanol–water partition coefficient (Wildman–Crippen LogP) is 6.26. The SMILES string of the molecule is S=P(c1ccccc1)(c1ccc(-c2ccccc2)cc1)c1ccc2ccccc2c1. The van der Waals surface area contributed by atoms with E-state index in [9.17, 15) is 0 Å². The molecule has 0 amide bonds. The largest absolute Gasteiger partial charge is 0.0826 e. The molecule has 0 spiro atoms. The maximum atomic E-state index is 6.54. The monoisotopic (exact) mass is 420 g/mol. The summed E-state index contributed by atoms with van der Waals surface area (Å²) in [4.78, 5) is 0. The van der Waals surface area contributed by atoms with Crippen LogP contribution in [0.5, 0.6) is 0 Å². The Kier molecular flexibility index (Phi) is 5.09. The third-order valence-electron chi connectivity index (χ3n) is 5.55. The molecule has 0 aliphatic carbocycles. The van der Waals surface area contributed by atoms with Crippen LogP contribution in [0.1, 0.15) is 0 Å². The van der Waals surface area contributed by atoms with Gasteiger partial charge in [-0.1, -0.05) is 133 Å². The van der Waals surface area contributed by atoms with Gasteiger partial charge in [-0.3, -0.25) is 0 Å². The molecule has 0 radical (unpaired) electrons. The summed E-state index contributed by atoms with van der Waals surface area (Å²) >= 11 is 6.54. The van der Waals surface area contributed by atoms with Gasteiger partial charge in [-0.25, -0.2) is 0 Å². The van der Waals surface area contributed by atoms with Crippen molar-refractivity contribution in [2.24, 2.45) is 0 Å². The minimum absolute atomic E-state index is 1.22. The Morgan fingerprint density at radius 2 is 0.900 bits per heavy atom. The summed E-state index contributed by atoms with van der Waals surface area (Å²) in [6.07, 6.45) is 0. The van der Waals surface area contributed by atoms with Gasteiger partial charge in [-0.05, 0) is 43.9 Å². The van der Waals surface area contributed by atoms with Gasteiger partial charge in [0, 0.05) is 6.04 Å². The molecule has 0 aromatic heterocycles. The first-order chi connectivity index (χ1) is 14.7. The minimum Gasteiger partial charge on any atom is -0.0826 e. The molecule has 1 atom stereocenters. The Bertz CT molecular complexity index is 1340. The molecule has 0 aliphatic heterocycles. The lowest BCUT2D eigenvalue weighted by molar-refractivity contribution is 1.64. The van der Waals surface area contributed by atoms with E-state index in [4.69, 9.17) is 11.8 Å². The molecule has 0 nitrogen and oxygen atoms in total. The molecular weight excluding hydrogens is 399 g/mol. The highest BCUT2D eigenvalue weighted by Crippen LogP contribution is 2.43. The maximum absolute atomic E-state index is 6.54. The van der Waals surface area contributed by atoms with Crippen LogP contribution in [0.2, 0.25) is 0 Å². The molecule has 0 bridgehead atoms. The third-order valence-corrected chi connectivity index (χ3v) is 10.5. The highest BCUT2D eigenvalue weighted by atomic mass is 32.4. The van der Waals surface area contributed by atoms with E-state index >= 15 is 0 Å². The summed E-state index contributed by atoms with van der Waals surface area (Å²) < 4.78 is 0. The Hall–Kier alpha value is -2.99. The van der Waals surface area contributed by atoms with Crippen LogP contribution in [0.4, 0.5) is 0 Å². The van der Waals surface area contributed by atoms with Crippen LogP contribution >= 0.6 is 6.04 Å². The van der Waals surface area contributed by atoms with E-state index in [1.165, 1.54) is 37.8 Å². The highest BCUT2D eigenvalue weighted by Gasteiger charge is 2.25. The molecule has 2 heteroatoms. The van der Waals surface area contributed by atoms with Gasteiger partial charge < -0.3 is 0 Å². The van der Waals surface area contributed by atoms with Crippen LogP contribution in [0.3, 0.4) is 0 Å². The van der Waals surface area contributed by atoms with Crippen LogP contribution in [0.25, 0.3) is 21.9 Å². The van der Waals surface area contributed by atoms with Crippen molar-refractivity contribution >= 4 is 44.5 Å².